The van der Waals surface area contributed by atoms with E-state index >= 15 is 0 Å². The molecule has 0 aliphatic carbocycles. The van der Waals surface area contributed by atoms with E-state index in [0.29, 0.717) is 5.95 Å². The predicted octanol–water partition coefficient (Wildman–Crippen LogP) is 2.42. The Morgan fingerprint density at radius 1 is 1.08 bits per heavy atom. The van der Waals surface area contributed by atoms with Crippen molar-refractivity contribution in [3.63, 3.8) is 0 Å². The molecule has 24 heavy (non-hydrogen) atoms. The lowest BCUT2D eigenvalue weighted by atomic mass is 9.95. The van der Waals surface area contributed by atoms with Crippen LogP contribution >= 0.6 is 0 Å². The standard InChI is InChI=1S/C18H19FN4O/c19-15-11-20-18(21-12-15)22-8-5-14(6-9-22)17(24)23-10-7-13-3-1-2-4-16(13)23/h1-4,11-12,14H,5-10H2. The summed E-state index contributed by atoms with van der Waals surface area (Å²) in [5.74, 6) is 0.359. The second-order valence-electron chi connectivity index (χ2n) is 6.33. The molecule has 1 fully saturated rings. The summed E-state index contributed by atoms with van der Waals surface area (Å²) in [6, 6.07) is 8.13. The Balaban J connectivity index is 1.41. The maximum Gasteiger partial charge on any atom is 0.230 e. The summed E-state index contributed by atoms with van der Waals surface area (Å²) in [5, 5.41) is 0. The van der Waals surface area contributed by atoms with Crippen LogP contribution in [0, 0.1) is 11.7 Å². The molecule has 1 aromatic heterocycles. The van der Waals surface area contributed by atoms with Crippen molar-refractivity contribution < 1.29 is 9.18 Å². The van der Waals surface area contributed by atoms with E-state index in [-0.39, 0.29) is 11.8 Å². The Morgan fingerprint density at radius 2 is 1.79 bits per heavy atom. The van der Waals surface area contributed by atoms with Crippen molar-refractivity contribution in [3.05, 3.63) is 48.0 Å². The van der Waals surface area contributed by atoms with E-state index in [1.54, 1.807) is 0 Å². The minimum Gasteiger partial charge on any atom is -0.341 e. The highest BCUT2D eigenvalue weighted by Crippen LogP contribution is 2.31. The third-order valence-electron chi connectivity index (χ3n) is 4.89. The van der Waals surface area contributed by atoms with Gasteiger partial charge in [-0.1, -0.05) is 18.2 Å². The Morgan fingerprint density at radius 3 is 2.54 bits per heavy atom. The molecule has 0 bridgehead atoms. The molecule has 0 unspecified atom stereocenters. The van der Waals surface area contributed by atoms with Gasteiger partial charge in [0.1, 0.15) is 0 Å². The second-order valence-corrected chi connectivity index (χ2v) is 6.33. The smallest absolute Gasteiger partial charge is 0.230 e. The average Bonchev–Trinajstić information content (AvgIpc) is 3.06. The summed E-state index contributed by atoms with van der Waals surface area (Å²) in [6.07, 6.45) is 4.85. The summed E-state index contributed by atoms with van der Waals surface area (Å²) < 4.78 is 12.9. The zero-order valence-electron chi connectivity index (χ0n) is 13.4. The topological polar surface area (TPSA) is 49.3 Å². The number of para-hydroxylation sites is 1. The van der Waals surface area contributed by atoms with E-state index in [4.69, 9.17) is 0 Å². The lowest BCUT2D eigenvalue weighted by Gasteiger charge is -2.33. The largest absolute Gasteiger partial charge is 0.341 e. The van der Waals surface area contributed by atoms with Gasteiger partial charge in [0.2, 0.25) is 11.9 Å². The van der Waals surface area contributed by atoms with Crippen LogP contribution in [0.25, 0.3) is 0 Å². The highest BCUT2D eigenvalue weighted by atomic mass is 19.1. The molecule has 6 heteroatoms. The lowest BCUT2D eigenvalue weighted by molar-refractivity contribution is -0.122. The molecule has 0 radical (unpaired) electrons. The third kappa shape index (κ3) is 2.72. The van der Waals surface area contributed by atoms with Crippen molar-refractivity contribution in [2.45, 2.75) is 19.3 Å². The molecule has 124 valence electrons. The fourth-order valence-corrected chi connectivity index (χ4v) is 3.58. The Kier molecular flexibility index (Phi) is 3.88. The van der Waals surface area contributed by atoms with Crippen molar-refractivity contribution in [3.8, 4) is 0 Å². The molecule has 2 aliphatic rings. The van der Waals surface area contributed by atoms with E-state index in [2.05, 4.69) is 16.0 Å². The summed E-state index contributed by atoms with van der Waals surface area (Å²) in [6.45, 7) is 2.22. The van der Waals surface area contributed by atoms with Gasteiger partial charge in [0.25, 0.3) is 0 Å². The number of anilines is 2. The van der Waals surface area contributed by atoms with Crippen molar-refractivity contribution in [1.29, 1.82) is 0 Å². The molecule has 2 aromatic rings. The van der Waals surface area contributed by atoms with Gasteiger partial charge >= 0.3 is 0 Å². The molecule has 1 saturated heterocycles. The van der Waals surface area contributed by atoms with E-state index in [1.807, 2.05) is 28.0 Å². The molecule has 0 spiro atoms. The SMILES string of the molecule is O=C(C1CCN(c2ncc(F)cn2)CC1)N1CCc2ccccc21. The molecule has 0 N–H and O–H groups in total. The van der Waals surface area contributed by atoms with Crippen molar-refractivity contribution in [1.82, 2.24) is 9.97 Å². The highest BCUT2D eigenvalue weighted by molar-refractivity contribution is 5.97. The first-order valence-corrected chi connectivity index (χ1v) is 8.34. The first-order valence-electron chi connectivity index (χ1n) is 8.34. The molecule has 4 rings (SSSR count). The van der Waals surface area contributed by atoms with Gasteiger partial charge in [-0.05, 0) is 30.9 Å². The van der Waals surface area contributed by atoms with Crippen molar-refractivity contribution >= 4 is 17.5 Å². The van der Waals surface area contributed by atoms with Gasteiger partial charge in [-0.3, -0.25) is 4.79 Å². The summed E-state index contributed by atoms with van der Waals surface area (Å²) in [4.78, 5) is 24.9. The van der Waals surface area contributed by atoms with Gasteiger partial charge in [0.05, 0.1) is 12.4 Å². The average molecular weight is 326 g/mol. The number of benzene rings is 1. The van der Waals surface area contributed by atoms with E-state index < -0.39 is 5.82 Å². The zero-order chi connectivity index (χ0) is 16.5. The Bertz CT molecular complexity index is 741. The molecular weight excluding hydrogens is 307 g/mol. The number of aromatic nitrogens is 2. The van der Waals surface area contributed by atoms with E-state index in [9.17, 15) is 9.18 Å². The fraction of sp³-hybridized carbons (Fsp3) is 0.389. The zero-order valence-corrected chi connectivity index (χ0v) is 13.4. The van der Waals surface area contributed by atoms with Gasteiger partial charge in [-0.15, -0.1) is 0 Å². The van der Waals surface area contributed by atoms with Crippen LogP contribution in [0.3, 0.4) is 0 Å². The fourth-order valence-electron chi connectivity index (χ4n) is 3.58. The molecule has 0 saturated carbocycles. The minimum absolute atomic E-state index is 0.0351. The summed E-state index contributed by atoms with van der Waals surface area (Å²) in [7, 11) is 0. The molecule has 2 aliphatic heterocycles. The highest BCUT2D eigenvalue weighted by Gasteiger charge is 2.32. The molecular formula is C18H19FN4O. The van der Waals surface area contributed by atoms with Crippen LogP contribution in [0.15, 0.2) is 36.7 Å². The van der Waals surface area contributed by atoms with Crippen LogP contribution in [0.1, 0.15) is 18.4 Å². The van der Waals surface area contributed by atoms with Crippen molar-refractivity contribution in [2.75, 3.05) is 29.4 Å². The van der Waals surface area contributed by atoms with Gasteiger partial charge in [0, 0.05) is 31.2 Å². The predicted molar refractivity (Wildman–Crippen MR) is 89.4 cm³/mol. The number of rotatable bonds is 2. The Labute approximate surface area is 140 Å². The van der Waals surface area contributed by atoms with Crippen LogP contribution in [0.5, 0.6) is 0 Å². The van der Waals surface area contributed by atoms with Crippen molar-refractivity contribution in [2.24, 2.45) is 5.92 Å². The maximum absolute atomic E-state index is 12.9. The van der Waals surface area contributed by atoms with Gasteiger partial charge in [0.15, 0.2) is 5.82 Å². The molecule has 1 amide bonds. The van der Waals surface area contributed by atoms with Gasteiger partial charge in [-0.25, -0.2) is 14.4 Å². The quantitative estimate of drug-likeness (QED) is 0.850. The molecule has 0 atom stereocenters. The number of carbonyl (C=O) groups is 1. The Hall–Kier alpha value is -2.50. The van der Waals surface area contributed by atoms with E-state index in [1.165, 1.54) is 18.0 Å². The van der Waals surface area contributed by atoms with Gasteiger partial charge < -0.3 is 9.80 Å². The van der Waals surface area contributed by atoms with E-state index in [0.717, 1.165) is 44.6 Å². The second kappa shape index (κ2) is 6.19. The number of amides is 1. The number of fused-ring (bicyclic) bond motifs is 1. The van der Waals surface area contributed by atoms with Crippen LogP contribution in [0.2, 0.25) is 0 Å². The number of hydrogen-bond acceptors (Lipinski definition) is 4. The number of nitrogens with zero attached hydrogens (tertiary/aromatic N) is 4. The minimum atomic E-state index is -0.434. The lowest BCUT2D eigenvalue weighted by Crippen LogP contribution is -2.42. The summed E-state index contributed by atoms with van der Waals surface area (Å²) in [5.41, 5.74) is 2.31. The number of hydrogen-bond donors (Lipinski definition) is 0. The first-order chi connectivity index (χ1) is 11.7. The van der Waals surface area contributed by atoms with Crippen LogP contribution in [-0.4, -0.2) is 35.5 Å². The number of carbonyl (C=O) groups excluding carboxylic acids is 1. The summed E-state index contributed by atoms with van der Waals surface area (Å²) >= 11 is 0. The molecule has 3 heterocycles. The molecule has 1 aromatic carbocycles. The van der Waals surface area contributed by atoms with Crippen LogP contribution in [0.4, 0.5) is 16.0 Å². The first kappa shape index (κ1) is 15.1. The normalized spacial score (nSPS) is 17.9. The number of halogens is 1. The van der Waals surface area contributed by atoms with Gasteiger partial charge in [-0.2, -0.15) is 0 Å². The van der Waals surface area contributed by atoms with Crippen LogP contribution in [-0.2, 0) is 11.2 Å². The molecule has 5 nitrogen and oxygen atoms in total. The third-order valence-corrected chi connectivity index (χ3v) is 4.89. The number of piperidine rings is 1. The maximum atomic E-state index is 12.9. The monoisotopic (exact) mass is 326 g/mol. The van der Waals surface area contributed by atoms with Crippen LogP contribution < -0.4 is 9.80 Å².